The predicted molar refractivity (Wildman–Crippen MR) is 497 cm³/mol. The highest BCUT2D eigenvalue weighted by atomic mass is 32.7. The van der Waals surface area contributed by atoms with E-state index in [0.717, 1.165) is 98.7 Å². The highest BCUT2D eigenvalue weighted by molar-refractivity contribution is 8.53. The maximum absolute atomic E-state index is 12.3. The minimum absolute atomic E-state index is 0.00476. The Bertz CT molecular complexity index is 2600. The lowest BCUT2D eigenvalue weighted by Gasteiger charge is -2.27. The van der Waals surface area contributed by atoms with E-state index in [9.17, 15) is 9.59 Å². The molecule has 2 atom stereocenters. The van der Waals surface area contributed by atoms with E-state index in [2.05, 4.69) is 139 Å². The van der Waals surface area contributed by atoms with Gasteiger partial charge in [0.15, 0.2) is 0 Å². The first-order valence-electron chi connectivity index (χ1n) is 47.9. The number of benzene rings is 4. The van der Waals surface area contributed by atoms with Crippen LogP contribution in [0.4, 0.5) is 0 Å². The van der Waals surface area contributed by atoms with Gasteiger partial charge in [-0.2, -0.15) is 0 Å². The summed E-state index contributed by atoms with van der Waals surface area (Å²) in [6, 6.07) is 35.1. The molecule has 0 aromatic heterocycles. The van der Waals surface area contributed by atoms with Crippen LogP contribution in [0.1, 0.15) is 462 Å². The molecule has 0 aliphatic carbocycles. The van der Waals surface area contributed by atoms with Gasteiger partial charge in [-0.05, 0) is 158 Å². The number of unbranched alkanes of at least 4 members (excludes halogenated alkanes) is 54. The average molecular weight is 1640 g/mol. The molecule has 4 rings (SSSR count). The third-order valence-corrected chi connectivity index (χ3v) is 28.8. The average Bonchev–Trinajstić information content (AvgIpc) is 0.801. The Morgan fingerprint density at radius 1 is 0.274 bits per heavy atom. The molecule has 0 bridgehead atoms. The second-order valence-corrected chi connectivity index (χ2v) is 40.0. The van der Waals surface area contributed by atoms with Crippen molar-refractivity contribution >= 4 is 49.9 Å². The van der Waals surface area contributed by atoms with Crippen LogP contribution in [0.15, 0.2) is 97.1 Å². The predicted octanol–water partition coefficient (Wildman–Crippen LogP) is 35.3. The molecule has 2 unspecified atom stereocenters. The molecule has 113 heavy (non-hydrogen) atoms. The van der Waals surface area contributed by atoms with E-state index in [0.29, 0.717) is 26.1 Å². The minimum Gasteiger partial charge on any atom is -0.466 e. The zero-order chi connectivity index (χ0) is 80.5. The SMILES string of the molecule is CCCCCCCCCCCCOC(=O)CCCCCCCCCCCCSP(Oc1ccc(C(C)(C)c2ccc(OP(Oc3cccc(CCCCCCCCCCCC)c3)SCCCCCCCCCCCCC(=O)OCCCCCCCCCCCC)cc2)cc1)Oc1cccc(CCCCCCCCCCCC)c1. The molecule has 0 spiro atoms. The van der Waals surface area contributed by atoms with E-state index >= 15 is 0 Å². The number of carbonyl (C=O) groups is 2. The van der Waals surface area contributed by atoms with Gasteiger partial charge in [0.25, 0.3) is 0 Å². The summed E-state index contributed by atoms with van der Waals surface area (Å²) in [6.07, 6.45) is 80.1. The van der Waals surface area contributed by atoms with Crippen LogP contribution in [0, 0.1) is 0 Å². The summed E-state index contributed by atoms with van der Waals surface area (Å²) in [4.78, 5) is 24.6. The monoisotopic (exact) mass is 1640 g/mol. The molecule has 4 aromatic carbocycles. The Kier molecular flexibility index (Phi) is 66.5. The molecular weight excluding hydrogens is 1470 g/mol. The normalized spacial score (nSPS) is 12.2. The van der Waals surface area contributed by atoms with Gasteiger partial charge in [0.05, 0.1) is 13.2 Å². The second-order valence-electron chi connectivity index (χ2n) is 33.7. The molecule has 0 aliphatic heterocycles. The first-order chi connectivity index (χ1) is 55.6. The summed E-state index contributed by atoms with van der Waals surface area (Å²) in [6.45, 7) is 15.0. The molecule has 4 aromatic rings. The summed E-state index contributed by atoms with van der Waals surface area (Å²) >= 11 is 3.68. The largest absolute Gasteiger partial charge is 0.466 e. The number of carbonyl (C=O) groups excluding carboxylic acids is 2. The summed E-state index contributed by atoms with van der Waals surface area (Å²) in [5.74, 6) is 5.48. The van der Waals surface area contributed by atoms with Crippen molar-refractivity contribution in [2.24, 2.45) is 0 Å². The van der Waals surface area contributed by atoms with Crippen LogP contribution in [0.2, 0.25) is 0 Å². The maximum atomic E-state index is 12.3. The molecule has 0 radical (unpaired) electrons. The third-order valence-electron chi connectivity index (χ3n) is 22.8. The zero-order valence-corrected chi connectivity index (χ0v) is 77.2. The van der Waals surface area contributed by atoms with Gasteiger partial charge in [0.1, 0.15) is 23.0 Å². The summed E-state index contributed by atoms with van der Waals surface area (Å²) in [5.41, 5.74) is 4.88. The van der Waals surface area contributed by atoms with Crippen molar-refractivity contribution in [3.8, 4) is 23.0 Å². The van der Waals surface area contributed by atoms with Crippen LogP contribution < -0.4 is 18.1 Å². The highest BCUT2D eigenvalue weighted by Crippen LogP contribution is 2.54. The Morgan fingerprint density at radius 3 is 0.796 bits per heavy atom. The van der Waals surface area contributed by atoms with E-state index in [1.54, 1.807) is 0 Å². The minimum atomic E-state index is -1.29. The van der Waals surface area contributed by atoms with E-state index < -0.39 is 15.2 Å². The van der Waals surface area contributed by atoms with Gasteiger partial charge in [0.2, 0.25) is 0 Å². The van der Waals surface area contributed by atoms with E-state index in [-0.39, 0.29) is 17.4 Å². The van der Waals surface area contributed by atoms with Crippen molar-refractivity contribution in [1.82, 2.24) is 0 Å². The van der Waals surface area contributed by atoms with Gasteiger partial charge in [-0.1, -0.05) is 424 Å². The van der Waals surface area contributed by atoms with Crippen LogP contribution in [-0.2, 0) is 37.3 Å². The van der Waals surface area contributed by atoms with Crippen molar-refractivity contribution in [1.29, 1.82) is 0 Å². The maximum Gasteiger partial charge on any atom is 0.360 e. The van der Waals surface area contributed by atoms with Gasteiger partial charge in [-0.3, -0.25) is 9.59 Å². The number of aryl methyl sites for hydroxylation is 2. The summed E-state index contributed by atoms with van der Waals surface area (Å²) in [5, 5.41) is 0. The lowest BCUT2D eigenvalue weighted by Crippen LogP contribution is -2.18. The molecule has 0 saturated carbocycles. The quantitative estimate of drug-likeness (QED) is 0.0242. The van der Waals surface area contributed by atoms with Gasteiger partial charge in [-0.15, -0.1) is 0 Å². The fraction of sp³-hybridized carbons (Fsp3) is 0.743. The van der Waals surface area contributed by atoms with Crippen LogP contribution in [0.3, 0.4) is 0 Å². The number of hydrogen-bond donors (Lipinski definition) is 0. The molecule has 12 heteroatoms. The molecule has 644 valence electrons. The molecule has 0 saturated heterocycles. The van der Waals surface area contributed by atoms with E-state index in [1.165, 1.54) is 356 Å². The highest BCUT2D eigenvalue weighted by Gasteiger charge is 2.26. The van der Waals surface area contributed by atoms with Crippen LogP contribution in [0.25, 0.3) is 0 Å². The smallest absolute Gasteiger partial charge is 0.360 e. The number of esters is 2. The number of hydrogen-bond acceptors (Lipinski definition) is 10. The molecule has 0 aliphatic rings. The number of ether oxygens (including phenoxy) is 2. The molecule has 0 amide bonds. The molecule has 0 N–H and O–H groups in total. The molecule has 0 fully saturated rings. The van der Waals surface area contributed by atoms with Crippen molar-refractivity contribution < 1.29 is 37.2 Å². The van der Waals surface area contributed by atoms with Crippen molar-refractivity contribution in [2.75, 3.05) is 24.7 Å². The van der Waals surface area contributed by atoms with Gasteiger partial charge >= 0.3 is 27.1 Å². The Hall–Kier alpha value is -3.42. The van der Waals surface area contributed by atoms with Crippen molar-refractivity contribution in [3.05, 3.63) is 119 Å². The number of rotatable bonds is 82. The first kappa shape index (κ1) is 102. The Morgan fingerprint density at radius 2 is 0.513 bits per heavy atom. The summed E-state index contributed by atoms with van der Waals surface area (Å²) < 4.78 is 38.5. The topological polar surface area (TPSA) is 89.5 Å². The second kappa shape index (κ2) is 73.7. The van der Waals surface area contributed by atoms with Gasteiger partial charge in [0, 0.05) is 29.8 Å². The Labute approximate surface area is 707 Å². The lowest BCUT2D eigenvalue weighted by atomic mass is 9.78. The van der Waals surface area contributed by atoms with Crippen LogP contribution in [0.5, 0.6) is 23.0 Å². The first-order valence-corrected chi connectivity index (χ1v) is 53.4. The third kappa shape index (κ3) is 57.4. The Balaban J connectivity index is 1.25. The van der Waals surface area contributed by atoms with Gasteiger partial charge in [-0.25, -0.2) is 0 Å². The van der Waals surface area contributed by atoms with E-state index in [1.807, 2.05) is 22.8 Å². The molecule has 8 nitrogen and oxygen atoms in total. The fourth-order valence-electron chi connectivity index (χ4n) is 15.2. The standard InChI is InChI=1S/C101H170O8P2S2/c1-7-11-15-19-23-27-35-43-51-59-69-91-71-67-73-97(89-91)108-110(112-87-65-57-49-41-33-31-37-45-53-61-75-99(102)104-85-63-55-47-39-29-25-21-17-13-9-3)106-95-81-77-93(78-82-95)101(5,6)94-79-83-96(84-80-94)107-111(109-98-74-68-72-92(90-98)70-60-52-44-36-28-24-20-16-12-8-2)113-88-66-58-50-42-34-32-38-46-54-62-76-100(103)105-86-64-56-48-40-30-26-22-18-14-10-4/h67-68,71-74,77-84,89-90H,7-66,69-70,75-76,85-88H2,1-6H3. The van der Waals surface area contributed by atoms with Gasteiger partial charge < -0.3 is 27.6 Å². The molecular formula is C101H170O8P2S2. The fourth-order valence-corrected chi connectivity index (χ4v) is 21.0. The molecule has 0 heterocycles. The van der Waals surface area contributed by atoms with Crippen molar-refractivity contribution in [2.45, 2.75) is 458 Å². The zero-order valence-electron chi connectivity index (χ0n) is 73.8. The van der Waals surface area contributed by atoms with Crippen LogP contribution >= 0.6 is 37.9 Å². The van der Waals surface area contributed by atoms with Crippen molar-refractivity contribution in [3.63, 3.8) is 0 Å². The summed E-state index contributed by atoms with van der Waals surface area (Å²) in [7, 11) is -2.58. The van der Waals surface area contributed by atoms with Crippen LogP contribution in [-0.4, -0.2) is 36.7 Å². The lowest BCUT2D eigenvalue weighted by molar-refractivity contribution is -0.144. The van der Waals surface area contributed by atoms with E-state index in [4.69, 9.17) is 27.6 Å².